The van der Waals surface area contributed by atoms with Gasteiger partial charge in [0.15, 0.2) is 0 Å². The molecule has 90 valence electrons. The van der Waals surface area contributed by atoms with Crippen molar-refractivity contribution in [3.8, 4) is 0 Å². The fourth-order valence-electron chi connectivity index (χ4n) is 1.69. The van der Waals surface area contributed by atoms with E-state index in [2.05, 4.69) is 48.0 Å². The van der Waals surface area contributed by atoms with Crippen LogP contribution in [0.25, 0.3) is 0 Å². The molecule has 0 unspecified atom stereocenters. The lowest BCUT2D eigenvalue weighted by Crippen LogP contribution is -1.99. The third-order valence-electron chi connectivity index (χ3n) is 2.78. The highest BCUT2D eigenvalue weighted by Gasteiger charge is 1.99. The molecule has 2 aromatic rings. The smallest absolute Gasteiger partial charge is 0.0496 e. The van der Waals surface area contributed by atoms with Gasteiger partial charge < -0.3 is 10.4 Å². The lowest BCUT2D eigenvalue weighted by molar-refractivity contribution is 0.299. The number of benzene rings is 1. The number of rotatable bonds is 5. The normalized spacial score (nSPS) is 10.5. The van der Waals surface area contributed by atoms with Crippen LogP contribution in [0.3, 0.4) is 0 Å². The van der Waals surface area contributed by atoms with Crippen LogP contribution in [0.15, 0.2) is 35.7 Å². The number of aliphatic hydroxyl groups excluding tert-OH is 1. The van der Waals surface area contributed by atoms with Crippen LogP contribution in [0.2, 0.25) is 0 Å². The Kier molecular flexibility index (Phi) is 4.18. The molecule has 1 heterocycles. The van der Waals surface area contributed by atoms with E-state index in [0.717, 1.165) is 18.7 Å². The predicted molar refractivity (Wildman–Crippen MR) is 73.6 cm³/mol. The summed E-state index contributed by atoms with van der Waals surface area (Å²) in [5.74, 6) is 0. The van der Waals surface area contributed by atoms with Gasteiger partial charge in [0.05, 0.1) is 0 Å². The van der Waals surface area contributed by atoms with Gasteiger partial charge in [0.1, 0.15) is 0 Å². The van der Waals surface area contributed by atoms with E-state index in [4.69, 9.17) is 5.11 Å². The molecule has 17 heavy (non-hydrogen) atoms. The summed E-state index contributed by atoms with van der Waals surface area (Å²) in [5, 5.41) is 14.4. The molecule has 3 heteroatoms. The second kappa shape index (κ2) is 5.84. The summed E-state index contributed by atoms with van der Waals surface area (Å²) in [6, 6.07) is 10.4. The first kappa shape index (κ1) is 12.1. The standard InChI is InChI=1S/C14H17NOS/c1-11-7-9-17-14(11)10-15-13-4-2-12(3-5-13)6-8-16/h2-5,7,9,15-16H,6,8,10H2,1H3. The van der Waals surface area contributed by atoms with Crippen LogP contribution in [-0.4, -0.2) is 11.7 Å². The van der Waals surface area contributed by atoms with Crippen molar-refractivity contribution in [2.75, 3.05) is 11.9 Å². The van der Waals surface area contributed by atoms with Crippen LogP contribution in [-0.2, 0) is 13.0 Å². The van der Waals surface area contributed by atoms with E-state index in [-0.39, 0.29) is 6.61 Å². The Balaban J connectivity index is 1.93. The highest BCUT2D eigenvalue weighted by molar-refractivity contribution is 7.10. The van der Waals surface area contributed by atoms with Gasteiger partial charge in [0.2, 0.25) is 0 Å². The van der Waals surface area contributed by atoms with Gasteiger partial charge in [-0.15, -0.1) is 11.3 Å². The molecular weight excluding hydrogens is 230 g/mol. The number of thiophene rings is 1. The Labute approximate surface area is 106 Å². The first-order chi connectivity index (χ1) is 8.29. The highest BCUT2D eigenvalue weighted by atomic mass is 32.1. The molecule has 2 nitrogen and oxygen atoms in total. The van der Waals surface area contributed by atoms with Crippen molar-refractivity contribution in [3.05, 3.63) is 51.7 Å². The summed E-state index contributed by atoms with van der Waals surface area (Å²) >= 11 is 1.78. The van der Waals surface area contributed by atoms with Gasteiger partial charge in [-0.2, -0.15) is 0 Å². The number of aliphatic hydroxyl groups is 1. The average molecular weight is 247 g/mol. The summed E-state index contributed by atoms with van der Waals surface area (Å²) in [5.41, 5.74) is 3.64. The van der Waals surface area contributed by atoms with Crippen LogP contribution in [0.4, 0.5) is 5.69 Å². The fraction of sp³-hybridized carbons (Fsp3) is 0.286. The van der Waals surface area contributed by atoms with Crippen LogP contribution in [0.5, 0.6) is 0 Å². The van der Waals surface area contributed by atoms with Crippen molar-refractivity contribution in [1.82, 2.24) is 0 Å². The van der Waals surface area contributed by atoms with Crippen molar-refractivity contribution in [2.45, 2.75) is 19.9 Å². The van der Waals surface area contributed by atoms with Gasteiger partial charge in [-0.1, -0.05) is 12.1 Å². The number of hydrogen-bond acceptors (Lipinski definition) is 3. The van der Waals surface area contributed by atoms with Gasteiger partial charge in [-0.05, 0) is 48.1 Å². The van der Waals surface area contributed by atoms with Crippen LogP contribution in [0.1, 0.15) is 16.0 Å². The molecule has 1 aromatic carbocycles. The molecule has 0 bridgehead atoms. The van der Waals surface area contributed by atoms with E-state index in [1.807, 2.05) is 0 Å². The van der Waals surface area contributed by atoms with Gasteiger partial charge >= 0.3 is 0 Å². The molecule has 0 fully saturated rings. The number of nitrogens with one attached hydrogen (secondary N) is 1. The maximum Gasteiger partial charge on any atom is 0.0496 e. The summed E-state index contributed by atoms with van der Waals surface area (Å²) in [6.07, 6.45) is 0.727. The molecule has 1 aromatic heterocycles. The zero-order valence-electron chi connectivity index (χ0n) is 9.94. The van der Waals surface area contributed by atoms with Crippen molar-refractivity contribution in [3.63, 3.8) is 0 Å². The van der Waals surface area contributed by atoms with E-state index in [9.17, 15) is 0 Å². The zero-order chi connectivity index (χ0) is 12.1. The van der Waals surface area contributed by atoms with Crippen LogP contribution >= 0.6 is 11.3 Å². The number of anilines is 1. The second-order valence-corrected chi connectivity index (χ2v) is 5.05. The Morgan fingerprint density at radius 3 is 2.53 bits per heavy atom. The maximum atomic E-state index is 8.83. The highest BCUT2D eigenvalue weighted by Crippen LogP contribution is 2.18. The Hall–Kier alpha value is -1.32. The van der Waals surface area contributed by atoms with Crippen LogP contribution < -0.4 is 5.32 Å². The zero-order valence-corrected chi connectivity index (χ0v) is 10.8. The van der Waals surface area contributed by atoms with Gasteiger partial charge in [-0.3, -0.25) is 0 Å². The quantitative estimate of drug-likeness (QED) is 0.850. The fourth-order valence-corrected chi connectivity index (χ4v) is 2.53. The topological polar surface area (TPSA) is 32.3 Å². The molecule has 0 aliphatic rings. The first-order valence-corrected chi connectivity index (χ1v) is 6.64. The van der Waals surface area contributed by atoms with Gasteiger partial charge in [-0.25, -0.2) is 0 Å². The molecule has 0 saturated heterocycles. The minimum absolute atomic E-state index is 0.209. The van der Waals surface area contributed by atoms with E-state index < -0.39 is 0 Å². The molecule has 0 spiro atoms. The van der Waals surface area contributed by atoms with Gasteiger partial charge in [0.25, 0.3) is 0 Å². The summed E-state index contributed by atoms with van der Waals surface area (Å²) in [4.78, 5) is 1.38. The summed E-state index contributed by atoms with van der Waals surface area (Å²) < 4.78 is 0. The third kappa shape index (κ3) is 3.32. The predicted octanol–water partition coefficient (Wildman–Crippen LogP) is 3.20. The Morgan fingerprint density at radius 2 is 1.94 bits per heavy atom. The summed E-state index contributed by atoms with van der Waals surface area (Å²) in [7, 11) is 0. The van der Waals surface area contributed by atoms with E-state index in [1.54, 1.807) is 11.3 Å². The van der Waals surface area contributed by atoms with E-state index in [1.165, 1.54) is 16.0 Å². The monoisotopic (exact) mass is 247 g/mol. The molecule has 0 amide bonds. The van der Waals surface area contributed by atoms with Crippen molar-refractivity contribution in [2.24, 2.45) is 0 Å². The molecular formula is C14H17NOS. The largest absolute Gasteiger partial charge is 0.396 e. The number of hydrogen-bond donors (Lipinski definition) is 2. The molecule has 2 N–H and O–H groups in total. The van der Waals surface area contributed by atoms with Crippen LogP contribution in [0, 0.1) is 6.92 Å². The van der Waals surface area contributed by atoms with Gasteiger partial charge in [0, 0.05) is 23.7 Å². The molecule has 0 aliphatic heterocycles. The minimum atomic E-state index is 0.209. The molecule has 2 rings (SSSR count). The maximum absolute atomic E-state index is 8.83. The van der Waals surface area contributed by atoms with Crippen molar-refractivity contribution >= 4 is 17.0 Å². The lowest BCUT2D eigenvalue weighted by Gasteiger charge is -2.06. The minimum Gasteiger partial charge on any atom is -0.396 e. The molecule has 0 radical (unpaired) electrons. The van der Waals surface area contributed by atoms with Crippen molar-refractivity contribution < 1.29 is 5.11 Å². The molecule has 0 aliphatic carbocycles. The third-order valence-corrected chi connectivity index (χ3v) is 3.80. The number of aryl methyl sites for hydroxylation is 1. The summed E-state index contributed by atoms with van der Waals surface area (Å²) in [6.45, 7) is 3.22. The average Bonchev–Trinajstić information content (AvgIpc) is 2.75. The lowest BCUT2D eigenvalue weighted by atomic mass is 10.1. The second-order valence-electron chi connectivity index (χ2n) is 4.05. The first-order valence-electron chi connectivity index (χ1n) is 5.76. The Morgan fingerprint density at radius 1 is 1.18 bits per heavy atom. The molecule has 0 atom stereocenters. The Bertz CT molecular complexity index is 461. The van der Waals surface area contributed by atoms with Crippen molar-refractivity contribution in [1.29, 1.82) is 0 Å². The van der Waals surface area contributed by atoms with E-state index in [0.29, 0.717) is 0 Å². The van der Waals surface area contributed by atoms with E-state index >= 15 is 0 Å². The SMILES string of the molecule is Cc1ccsc1CNc1ccc(CCO)cc1. The molecule has 0 saturated carbocycles.